The van der Waals surface area contributed by atoms with Crippen molar-refractivity contribution >= 4 is 53.3 Å². The SMILES string of the molecule is CCNC(=NCCOc1cccc(NC(C)=O)c1)N1CCSC(C(C)C)C1.I. The largest absolute Gasteiger partial charge is 0.492 e. The highest BCUT2D eigenvalue weighted by Crippen LogP contribution is 2.24. The molecule has 0 spiro atoms. The minimum Gasteiger partial charge on any atom is -0.492 e. The summed E-state index contributed by atoms with van der Waals surface area (Å²) in [4.78, 5) is 18.3. The maximum Gasteiger partial charge on any atom is 0.221 e. The molecule has 0 saturated carbocycles. The van der Waals surface area contributed by atoms with E-state index in [9.17, 15) is 4.79 Å². The Morgan fingerprint density at radius 3 is 2.89 bits per heavy atom. The Balaban J connectivity index is 0.00000392. The van der Waals surface area contributed by atoms with E-state index in [-0.39, 0.29) is 29.9 Å². The van der Waals surface area contributed by atoms with Gasteiger partial charge in [0.2, 0.25) is 5.91 Å². The van der Waals surface area contributed by atoms with E-state index in [1.807, 2.05) is 24.3 Å². The zero-order chi connectivity index (χ0) is 19.6. The molecule has 1 heterocycles. The van der Waals surface area contributed by atoms with E-state index in [2.05, 4.69) is 48.1 Å². The Bertz CT molecular complexity index is 642. The molecule has 1 unspecified atom stereocenters. The monoisotopic (exact) mass is 520 g/mol. The Labute approximate surface area is 190 Å². The first-order chi connectivity index (χ1) is 13.0. The zero-order valence-electron chi connectivity index (χ0n) is 17.2. The summed E-state index contributed by atoms with van der Waals surface area (Å²) >= 11 is 2.06. The van der Waals surface area contributed by atoms with E-state index in [1.54, 1.807) is 0 Å². The number of nitrogens with one attached hydrogen (secondary N) is 2. The number of hydrogen-bond donors (Lipinski definition) is 2. The van der Waals surface area contributed by atoms with E-state index in [0.717, 1.165) is 42.8 Å². The molecule has 8 heteroatoms. The van der Waals surface area contributed by atoms with E-state index in [0.29, 0.717) is 24.3 Å². The predicted molar refractivity (Wildman–Crippen MR) is 130 cm³/mol. The Morgan fingerprint density at radius 2 is 2.21 bits per heavy atom. The Hall–Kier alpha value is -1.16. The van der Waals surface area contributed by atoms with Crippen LogP contribution in [-0.4, -0.2) is 60.6 Å². The van der Waals surface area contributed by atoms with Gasteiger partial charge in [0.05, 0.1) is 6.54 Å². The molecule has 1 fully saturated rings. The minimum atomic E-state index is -0.0913. The maximum atomic E-state index is 11.2. The van der Waals surface area contributed by atoms with Crippen molar-refractivity contribution < 1.29 is 9.53 Å². The molecule has 1 aromatic carbocycles. The van der Waals surface area contributed by atoms with Crippen LogP contribution in [0.3, 0.4) is 0 Å². The van der Waals surface area contributed by atoms with Crippen molar-refractivity contribution in [3.63, 3.8) is 0 Å². The number of nitrogens with zero attached hydrogens (tertiary/aromatic N) is 2. The number of anilines is 1. The second-order valence-corrected chi connectivity index (χ2v) is 8.24. The van der Waals surface area contributed by atoms with E-state index in [4.69, 9.17) is 9.73 Å². The number of aliphatic imine (C=N–C) groups is 1. The lowest BCUT2D eigenvalue weighted by molar-refractivity contribution is -0.114. The van der Waals surface area contributed by atoms with Crippen LogP contribution in [0.15, 0.2) is 29.3 Å². The van der Waals surface area contributed by atoms with Crippen molar-refractivity contribution in [3.05, 3.63) is 24.3 Å². The smallest absolute Gasteiger partial charge is 0.221 e. The second-order valence-electron chi connectivity index (χ2n) is 6.89. The van der Waals surface area contributed by atoms with Gasteiger partial charge in [0.15, 0.2) is 5.96 Å². The summed E-state index contributed by atoms with van der Waals surface area (Å²) in [5, 5.41) is 6.81. The van der Waals surface area contributed by atoms with Crippen LogP contribution in [0.25, 0.3) is 0 Å². The molecule has 1 amide bonds. The highest BCUT2D eigenvalue weighted by molar-refractivity contribution is 14.0. The van der Waals surface area contributed by atoms with Gasteiger partial charge in [-0.3, -0.25) is 4.79 Å². The Morgan fingerprint density at radius 1 is 1.43 bits per heavy atom. The second kappa shape index (κ2) is 13.1. The average molecular weight is 520 g/mol. The topological polar surface area (TPSA) is 66.0 Å². The molecule has 1 aromatic rings. The predicted octanol–water partition coefficient (Wildman–Crippen LogP) is 3.68. The third-order valence-electron chi connectivity index (χ3n) is 4.25. The third kappa shape index (κ3) is 8.46. The lowest BCUT2D eigenvalue weighted by Gasteiger charge is -2.36. The van der Waals surface area contributed by atoms with Crippen LogP contribution in [0.4, 0.5) is 5.69 Å². The maximum absolute atomic E-state index is 11.2. The van der Waals surface area contributed by atoms with Crippen molar-refractivity contribution in [2.24, 2.45) is 10.9 Å². The molecule has 1 aliphatic heterocycles. The highest BCUT2D eigenvalue weighted by atomic mass is 127. The fourth-order valence-electron chi connectivity index (χ4n) is 2.88. The minimum absolute atomic E-state index is 0. The van der Waals surface area contributed by atoms with Crippen molar-refractivity contribution in [1.82, 2.24) is 10.2 Å². The van der Waals surface area contributed by atoms with Gasteiger partial charge in [-0.1, -0.05) is 19.9 Å². The normalized spacial score (nSPS) is 17.1. The summed E-state index contributed by atoms with van der Waals surface area (Å²) in [5.41, 5.74) is 0.738. The van der Waals surface area contributed by atoms with Crippen LogP contribution in [0, 0.1) is 5.92 Å². The quantitative estimate of drug-likeness (QED) is 0.249. The van der Waals surface area contributed by atoms with Crippen molar-refractivity contribution in [3.8, 4) is 5.75 Å². The van der Waals surface area contributed by atoms with Crippen molar-refractivity contribution in [2.75, 3.05) is 43.9 Å². The van der Waals surface area contributed by atoms with Gasteiger partial charge in [0.25, 0.3) is 0 Å². The lowest BCUT2D eigenvalue weighted by Crippen LogP contribution is -2.49. The van der Waals surface area contributed by atoms with Gasteiger partial charge in [-0.25, -0.2) is 4.99 Å². The fraction of sp³-hybridized carbons (Fsp3) is 0.600. The summed E-state index contributed by atoms with van der Waals surface area (Å²) in [5.74, 6) is 3.42. The first kappa shape index (κ1) is 24.9. The third-order valence-corrected chi connectivity index (χ3v) is 5.79. The summed E-state index contributed by atoms with van der Waals surface area (Å²) in [7, 11) is 0. The molecular formula is C20H33IN4O2S. The van der Waals surface area contributed by atoms with Crippen LogP contribution in [-0.2, 0) is 4.79 Å². The number of guanidine groups is 1. The van der Waals surface area contributed by atoms with Crippen molar-refractivity contribution in [1.29, 1.82) is 0 Å². The summed E-state index contributed by atoms with van der Waals surface area (Å²) in [6, 6.07) is 7.42. The molecule has 1 saturated heterocycles. The molecular weight excluding hydrogens is 487 g/mol. The molecule has 28 heavy (non-hydrogen) atoms. The van der Waals surface area contributed by atoms with E-state index < -0.39 is 0 Å². The molecule has 0 radical (unpaired) electrons. The van der Waals surface area contributed by atoms with Crippen LogP contribution in [0.1, 0.15) is 27.7 Å². The number of ether oxygens (including phenoxy) is 1. The summed E-state index contributed by atoms with van der Waals surface area (Å²) in [6.45, 7) is 12.2. The number of rotatable bonds is 7. The average Bonchev–Trinajstić information content (AvgIpc) is 2.64. The standard InChI is InChI=1S/C20H32N4O2S.HI/c1-5-21-20(24-10-12-27-19(14-24)15(2)3)22-9-11-26-18-8-6-7-17(13-18)23-16(4)25;/h6-8,13,15,19H,5,9-12,14H2,1-4H3,(H,21,22)(H,23,25);1H. The Kier molecular flexibility index (Phi) is 11.7. The number of hydrogen-bond acceptors (Lipinski definition) is 4. The first-order valence-electron chi connectivity index (χ1n) is 9.65. The van der Waals surface area contributed by atoms with Gasteiger partial charge >= 0.3 is 0 Å². The van der Waals surface area contributed by atoms with Gasteiger partial charge in [-0.15, -0.1) is 24.0 Å². The van der Waals surface area contributed by atoms with Crippen LogP contribution >= 0.6 is 35.7 Å². The molecule has 1 atom stereocenters. The highest BCUT2D eigenvalue weighted by Gasteiger charge is 2.24. The molecule has 2 rings (SSSR count). The zero-order valence-corrected chi connectivity index (χ0v) is 20.4. The van der Waals surface area contributed by atoms with Crippen LogP contribution in [0.2, 0.25) is 0 Å². The first-order valence-corrected chi connectivity index (χ1v) is 10.7. The molecule has 6 nitrogen and oxygen atoms in total. The number of halogens is 1. The molecule has 158 valence electrons. The number of amides is 1. The van der Waals surface area contributed by atoms with Crippen LogP contribution in [0.5, 0.6) is 5.75 Å². The number of carbonyl (C=O) groups excluding carboxylic acids is 1. The molecule has 0 bridgehead atoms. The van der Waals surface area contributed by atoms with Gasteiger partial charge in [-0.05, 0) is 25.0 Å². The summed E-state index contributed by atoms with van der Waals surface area (Å²) in [6.07, 6.45) is 0. The fourth-order valence-corrected chi connectivity index (χ4v) is 4.18. The van der Waals surface area contributed by atoms with E-state index >= 15 is 0 Å². The van der Waals surface area contributed by atoms with Gasteiger partial charge in [-0.2, -0.15) is 11.8 Å². The van der Waals surface area contributed by atoms with Crippen molar-refractivity contribution in [2.45, 2.75) is 32.9 Å². The van der Waals surface area contributed by atoms with Crippen LogP contribution < -0.4 is 15.4 Å². The van der Waals surface area contributed by atoms with Gasteiger partial charge in [0.1, 0.15) is 12.4 Å². The molecule has 2 N–H and O–H groups in total. The molecule has 0 aliphatic carbocycles. The summed E-state index contributed by atoms with van der Waals surface area (Å²) < 4.78 is 5.79. The number of carbonyl (C=O) groups is 1. The van der Waals surface area contributed by atoms with Gasteiger partial charge < -0.3 is 20.3 Å². The van der Waals surface area contributed by atoms with Gasteiger partial charge in [0, 0.05) is 49.3 Å². The van der Waals surface area contributed by atoms with E-state index in [1.165, 1.54) is 6.92 Å². The lowest BCUT2D eigenvalue weighted by atomic mass is 10.1. The molecule has 0 aromatic heterocycles. The number of thioether (sulfide) groups is 1. The number of benzene rings is 1. The molecule has 1 aliphatic rings.